The van der Waals surface area contributed by atoms with Crippen LogP contribution in [0.5, 0.6) is 0 Å². The Bertz CT molecular complexity index is 749. The molecule has 4 rings (SSSR count). The number of allylic oxidation sites excluding steroid dienone is 4. The Morgan fingerprint density at radius 2 is 1.90 bits per heavy atom. The number of hydrogen-bond donors (Lipinski definition) is 2. The predicted octanol–water partition coefficient (Wildman–Crippen LogP) is 5.46. The summed E-state index contributed by atoms with van der Waals surface area (Å²) in [7, 11) is 0. The van der Waals surface area contributed by atoms with Crippen LogP contribution in [0.25, 0.3) is 0 Å². The molecule has 3 nitrogen and oxygen atoms in total. The minimum Gasteiger partial charge on any atom is -0.393 e. The van der Waals surface area contributed by atoms with E-state index in [1.165, 1.54) is 12.0 Å². The van der Waals surface area contributed by atoms with E-state index < -0.39 is 0 Å². The molecule has 0 amide bonds. The number of ketones is 1. The second-order valence-electron chi connectivity index (χ2n) is 11.9. The molecule has 4 aliphatic rings. The molecule has 0 aromatic rings. The molecule has 0 radical (unpaired) electrons. The van der Waals surface area contributed by atoms with Crippen LogP contribution in [0.4, 0.5) is 0 Å². The maximum absolute atomic E-state index is 12.4. The first-order chi connectivity index (χ1) is 14.1. The number of rotatable bonds is 4. The van der Waals surface area contributed by atoms with Gasteiger partial charge in [-0.2, -0.15) is 0 Å². The summed E-state index contributed by atoms with van der Waals surface area (Å²) in [4.78, 5) is 12.4. The summed E-state index contributed by atoms with van der Waals surface area (Å²) in [5.74, 6) is 2.38. The molecule has 2 N–H and O–H groups in total. The summed E-state index contributed by atoms with van der Waals surface area (Å²) in [5, 5.41) is 21.3. The summed E-state index contributed by atoms with van der Waals surface area (Å²) in [5.41, 5.74) is 3.08. The zero-order valence-electron chi connectivity index (χ0n) is 19.7. The van der Waals surface area contributed by atoms with Crippen LogP contribution < -0.4 is 0 Å². The number of carbonyl (C=O) groups is 1. The van der Waals surface area contributed by atoms with Gasteiger partial charge in [-0.1, -0.05) is 44.9 Å². The molecule has 3 fully saturated rings. The molecule has 0 aliphatic heterocycles. The monoisotopic (exact) mass is 414 g/mol. The van der Waals surface area contributed by atoms with Gasteiger partial charge in [0.05, 0.1) is 12.2 Å². The van der Waals surface area contributed by atoms with E-state index in [1.54, 1.807) is 5.57 Å². The largest absolute Gasteiger partial charge is 0.393 e. The van der Waals surface area contributed by atoms with Gasteiger partial charge in [-0.15, -0.1) is 0 Å². The van der Waals surface area contributed by atoms with E-state index in [9.17, 15) is 15.0 Å². The van der Waals surface area contributed by atoms with Crippen LogP contribution in [0.2, 0.25) is 0 Å². The molecule has 3 heteroatoms. The Morgan fingerprint density at radius 3 is 2.60 bits per heavy atom. The maximum atomic E-state index is 12.4. The van der Waals surface area contributed by atoms with Gasteiger partial charge >= 0.3 is 0 Å². The third kappa shape index (κ3) is 3.54. The van der Waals surface area contributed by atoms with Crippen molar-refractivity contribution in [1.29, 1.82) is 0 Å². The molecular formula is C27H42O3. The van der Waals surface area contributed by atoms with Crippen molar-refractivity contribution in [3.8, 4) is 0 Å². The Morgan fingerprint density at radius 1 is 1.17 bits per heavy atom. The molecule has 3 saturated carbocycles. The van der Waals surface area contributed by atoms with Crippen LogP contribution >= 0.6 is 0 Å². The van der Waals surface area contributed by atoms with Crippen LogP contribution in [0, 0.1) is 40.4 Å². The Labute approximate surface area is 183 Å². The first-order valence-electron chi connectivity index (χ1n) is 12.3. The van der Waals surface area contributed by atoms with E-state index in [0.717, 1.165) is 38.5 Å². The van der Waals surface area contributed by atoms with Crippen LogP contribution in [0.1, 0.15) is 86.0 Å². The standard InChI is InChI=1S/C27H42O3/c1-16(2)12-19(29)13-17(3)21-6-7-22-20-15-25(30)24-14-18(28)8-10-27(24,5)23(20)9-11-26(21,22)4/h9,13,16,18,20-22,24-25,28,30H,6-8,10-12,14-15H2,1-5H3/b17-13+/t18?,20-,21+,22-,24?,25?,26+,27+/m0/s1. The molecular weight excluding hydrogens is 372 g/mol. The molecule has 4 aliphatic carbocycles. The maximum Gasteiger partial charge on any atom is 0.155 e. The van der Waals surface area contributed by atoms with Crippen LogP contribution in [-0.2, 0) is 4.79 Å². The van der Waals surface area contributed by atoms with Crippen LogP contribution in [0.15, 0.2) is 23.3 Å². The highest BCUT2D eigenvalue weighted by Gasteiger charge is 2.59. The Kier molecular flexibility index (Phi) is 5.85. The molecule has 30 heavy (non-hydrogen) atoms. The van der Waals surface area contributed by atoms with Gasteiger partial charge in [-0.25, -0.2) is 0 Å². The van der Waals surface area contributed by atoms with Crippen molar-refractivity contribution in [3.63, 3.8) is 0 Å². The van der Waals surface area contributed by atoms with Crippen molar-refractivity contribution >= 4 is 5.78 Å². The highest BCUT2D eigenvalue weighted by Crippen LogP contribution is 2.66. The van der Waals surface area contributed by atoms with Crippen molar-refractivity contribution in [2.75, 3.05) is 0 Å². The highest BCUT2D eigenvalue weighted by atomic mass is 16.3. The molecule has 8 atom stereocenters. The number of aliphatic hydroxyl groups excluding tert-OH is 2. The zero-order chi connectivity index (χ0) is 21.8. The second-order valence-corrected chi connectivity index (χ2v) is 11.9. The number of fused-ring (bicyclic) bond motifs is 5. The lowest BCUT2D eigenvalue weighted by molar-refractivity contribution is -0.115. The molecule has 3 unspecified atom stereocenters. The zero-order valence-corrected chi connectivity index (χ0v) is 19.7. The van der Waals surface area contributed by atoms with Gasteiger partial charge in [0.25, 0.3) is 0 Å². The normalized spacial score (nSPS) is 46.1. The van der Waals surface area contributed by atoms with Gasteiger partial charge in [-0.3, -0.25) is 4.79 Å². The average molecular weight is 415 g/mol. The van der Waals surface area contributed by atoms with Gasteiger partial charge in [0.15, 0.2) is 5.78 Å². The Balaban J connectivity index is 1.61. The number of carbonyl (C=O) groups excluding carboxylic acids is 1. The average Bonchev–Trinajstić information content (AvgIpc) is 3.00. The van der Waals surface area contributed by atoms with E-state index in [-0.39, 0.29) is 34.7 Å². The van der Waals surface area contributed by atoms with Crippen LogP contribution in [-0.4, -0.2) is 28.2 Å². The SMILES string of the molecule is C/C(=C\C(=O)CC(C)C)[C@H]1CC[C@H]2[C@@H]3CC(O)C4CC(O)CC[C@]4(C)C3=CC[C@]12C. The lowest BCUT2D eigenvalue weighted by Gasteiger charge is -2.58. The van der Waals surface area contributed by atoms with Gasteiger partial charge < -0.3 is 10.2 Å². The summed E-state index contributed by atoms with van der Waals surface area (Å²) >= 11 is 0. The van der Waals surface area contributed by atoms with Crippen molar-refractivity contribution in [2.45, 2.75) is 98.2 Å². The minimum absolute atomic E-state index is 0.0408. The van der Waals surface area contributed by atoms with E-state index >= 15 is 0 Å². The number of aliphatic hydroxyl groups is 2. The van der Waals surface area contributed by atoms with Gasteiger partial charge in [-0.05, 0) is 98.4 Å². The van der Waals surface area contributed by atoms with Crippen LogP contribution in [0.3, 0.4) is 0 Å². The smallest absolute Gasteiger partial charge is 0.155 e. The molecule has 0 heterocycles. The molecule has 0 aromatic carbocycles. The molecule has 0 spiro atoms. The first kappa shape index (κ1) is 22.3. The Hall–Kier alpha value is -0.930. The van der Waals surface area contributed by atoms with E-state index in [0.29, 0.717) is 30.1 Å². The van der Waals surface area contributed by atoms with Crippen molar-refractivity contribution < 1.29 is 15.0 Å². The highest BCUT2D eigenvalue weighted by molar-refractivity contribution is 5.90. The second kappa shape index (κ2) is 7.89. The predicted molar refractivity (Wildman–Crippen MR) is 121 cm³/mol. The summed E-state index contributed by atoms with van der Waals surface area (Å²) in [6, 6.07) is 0. The fourth-order valence-corrected chi connectivity index (χ4v) is 8.12. The van der Waals surface area contributed by atoms with Crippen molar-refractivity contribution in [1.82, 2.24) is 0 Å². The van der Waals surface area contributed by atoms with Crippen molar-refractivity contribution in [2.24, 2.45) is 40.4 Å². The van der Waals surface area contributed by atoms with Gasteiger partial charge in [0.2, 0.25) is 0 Å². The molecule has 0 saturated heterocycles. The fourth-order valence-electron chi connectivity index (χ4n) is 8.12. The topological polar surface area (TPSA) is 57.5 Å². The first-order valence-corrected chi connectivity index (χ1v) is 12.3. The van der Waals surface area contributed by atoms with Gasteiger partial charge in [0, 0.05) is 6.42 Å². The van der Waals surface area contributed by atoms with E-state index in [2.05, 4.69) is 40.7 Å². The quantitative estimate of drug-likeness (QED) is 0.474. The third-order valence-corrected chi connectivity index (χ3v) is 9.56. The lowest BCUT2D eigenvalue weighted by atomic mass is 9.48. The lowest BCUT2D eigenvalue weighted by Crippen LogP contribution is -2.53. The van der Waals surface area contributed by atoms with Gasteiger partial charge in [0.1, 0.15) is 0 Å². The minimum atomic E-state index is -0.308. The molecule has 168 valence electrons. The summed E-state index contributed by atoms with van der Waals surface area (Å²) in [6.45, 7) is 11.2. The summed E-state index contributed by atoms with van der Waals surface area (Å²) < 4.78 is 0. The molecule has 0 bridgehead atoms. The summed E-state index contributed by atoms with van der Waals surface area (Å²) in [6.07, 6.45) is 11.4. The van der Waals surface area contributed by atoms with E-state index in [1.807, 2.05) is 6.08 Å². The number of hydrogen-bond acceptors (Lipinski definition) is 3. The van der Waals surface area contributed by atoms with Crippen molar-refractivity contribution in [3.05, 3.63) is 23.3 Å². The third-order valence-electron chi connectivity index (χ3n) is 9.56. The molecule has 0 aromatic heterocycles. The fraction of sp³-hybridized carbons (Fsp3) is 0.815. The van der Waals surface area contributed by atoms with E-state index in [4.69, 9.17) is 0 Å².